The number of fused-ring (bicyclic) bond motifs is 2. The molecule has 4 atom stereocenters. The highest BCUT2D eigenvalue weighted by Gasteiger charge is 2.52. The monoisotopic (exact) mass is 274 g/mol. The highest BCUT2D eigenvalue weighted by Crippen LogP contribution is 2.42. The van der Waals surface area contributed by atoms with Gasteiger partial charge in [-0.15, -0.1) is 0 Å². The summed E-state index contributed by atoms with van der Waals surface area (Å²) in [6, 6.07) is 8.39. The lowest BCUT2D eigenvalue weighted by atomic mass is 9.89. The van der Waals surface area contributed by atoms with Crippen molar-refractivity contribution in [1.29, 1.82) is 0 Å². The van der Waals surface area contributed by atoms with Gasteiger partial charge in [-0.1, -0.05) is 30.3 Å². The highest BCUT2D eigenvalue weighted by molar-refractivity contribution is 5.85. The average molecular weight is 274 g/mol. The van der Waals surface area contributed by atoms with Crippen molar-refractivity contribution in [2.75, 3.05) is 0 Å². The van der Waals surface area contributed by atoms with Gasteiger partial charge < -0.3 is 15.7 Å². The normalized spacial score (nSPS) is 29.4. The molecule has 5 heteroatoms. The fourth-order valence-corrected chi connectivity index (χ4v) is 3.56. The molecule has 0 radical (unpaired) electrons. The molecule has 106 valence electrons. The van der Waals surface area contributed by atoms with E-state index >= 15 is 0 Å². The number of carboxylic acids is 1. The summed E-state index contributed by atoms with van der Waals surface area (Å²) in [5.41, 5.74) is 6.83. The molecule has 4 unspecified atom stereocenters. The molecule has 0 saturated carbocycles. The number of carbonyl (C=O) groups is 2. The number of carboxylic acid groups (broad SMARTS) is 1. The Morgan fingerprint density at radius 2 is 1.95 bits per heavy atom. The molecule has 3 N–H and O–H groups in total. The number of amides is 1. The predicted molar refractivity (Wildman–Crippen MR) is 72.8 cm³/mol. The van der Waals surface area contributed by atoms with Crippen LogP contribution in [0.3, 0.4) is 0 Å². The van der Waals surface area contributed by atoms with E-state index in [4.69, 9.17) is 5.73 Å². The maximum atomic E-state index is 12.6. The van der Waals surface area contributed by atoms with E-state index in [-0.39, 0.29) is 18.0 Å². The summed E-state index contributed by atoms with van der Waals surface area (Å²) in [6.45, 7) is 0. The zero-order chi connectivity index (χ0) is 14.3. The number of aliphatic carboxylic acids is 1. The van der Waals surface area contributed by atoms with Gasteiger partial charge in [0.1, 0.15) is 6.04 Å². The number of benzene rings is 1. The summed E-state index contributed by atoms with van der Waals surface area (Å²) >= 11 is 0. The molecular formula is C15H18N2O3. The van der Waals surface area contributed by atoms with Gasteiger partial charge in [-0.05, 0) is 24.8 Å². The highest BCUT2D eigenvalue weighted by atomic mass is 16.4. The average Bonchev–Trinajstić information content (AvgIpc) is 3.04. The Hall–Kier alpha value is -1.88. The first kappa shape index (κ1) is 13.1. The standard InChI is InChI=1S/C15H18N2O3/c16-13(9-4-2-1-3-5-9)14(18)17-10-6-7-12(17)11(8-10)15(19)20/h1-5,10-13H,6-8,16H2,(H,19,20). The molecule has 5 nitrogen and oxygen atoms in total. The van der Waals surface area contributed by atoms with E-state index in [1.54, 1.807) is 4.90 Å². The Morgan fingerprint density at radius 3 is 2.55 bits per heavy atom. The quantitative estimate of drug-likeness (QED) is 0.866. The summed E-state index contributed by atoms with van der Waals surface area (Å²) in [7, 11) is 0. The molecule has 0 aromatic heterocycles. The third-order valence-electron chi connectivity index (χ3n) is 4.53. The van der Waals surface area contributed by atoms with Crippen LogP contribution < -0.4 is 5.73 Å². The number of nitrogens with zero attached hydrogens (tertiary/aromatic N) is 1. The Morgan fingerprint density at radius 1 is 1.25 bits per heavy atom. The zero-order valence-corrected chi connectivity index (χ0v) is 11.1. The molecule has 2 aliphatic rings. The van der Waals surface area contributed by atoms with Gasteiger partial charge in [0.2, 0.25) is 5.91 Å². The number of nitrogens with two attached hydrogens (primary N) is 1. The SMILES string of the molecule is NC(C(=O)N1C2CCC1C(C(=O)O)C2)c1ccccc1. The Labute approximate surface area is 117 Å². The summed E-state index contributed by atoms with van der Waals surface area (Å²) in [4.78, 5) is 25.5. The molecule has 2 bridgehead atoms. The maximum Gasteiger partial charge on any atom is 0.308 e. The minimum absolute atomic E-state index is 0.0448. The fraction of sp³-hybridized carbons (Fsp3) is 0.467. The van der Waals surface area contributed by atoms with Gasteiger partial charge in [0, 0.05) is 12.1 Å². The molecule has 2 heterocycles. The topological polar surface area (TPSA) is 83.6 Å². The number of hydrogen-bond donors (Lipinski definition) is 2. The summed E-state index contributed by atoms with van der Waals surface area (Å²) in [5.74, 6) is -1.38. The van der Waals surface area contributed by atoms with Gasteiger partial charge in [0.05, 0.1) is 5.92 Å². The maximum absolute atomic E-state index is 12.6. The number of carbonyl (C=O) groups excluding carboxylic acids is 1. The van der Waals surface area contributed by atoms with Gasteiger partial charge in [0.15, 0.2) is 0 Å². The van der Waals surface area contributed by atoms with E-state index in [1.165, 1.54) is 0 Å². The van der Waals surface area contributed by atoms with Gasteiger partial charge in [0.25, 0.3) is 0 Å². The van der Waals surface area contributed by atoms with E-state index in [9.17, 15) is 14.7 Å². The molecule has 2 fully saturated rings. The van der Waals surface area contributed by atoms with E-state index in [0.717, 1.165) is 18.4 Å². The van der Waals surface area contributed by atoms with Crippen molar-refractivity contribution in [3.05, 3.63) is 35.9 Å². The minimum Gasteiger partial charge on any atom is -0.481 e. The fourth-order valence-electron chi connectivity index (χ4n) is 3.56. The van der Waals surface area contributed by atoms with Crippen molar-refractivity contribution in [2.45, 2.75) is 37.4 Å². The van der Waals surface area contributed by atoms with Crippen molar-refractivity contribution in [3.8, 4) is 0 Å². The second-order valence-electron chi connectivity index (χ2n) is 5.61. The Bertz CT molecular complexity index is 531. The smallest absolute Gasteiger partial charge is 0.308 e. The van der Waals surface area contributed by atoms with Gasteiger partial charge in [-0.2, -0.15) is 0 Å². The second-order valence-corrected chi connectivity index (χ2v) is 5.61. The van der Waals surface area contributed by atoms with Gasteiger partial charge >= 0.3 is 5.97 Å². The summed E-state index contributed by atoms with van der Waals surface area (Å²) in [6.07, 6.45) is 2.23. The Balaban J connectivity index is 1.80. The van der Waals surface area contributed by atoms with E-state index in [0.29, 0.717) is 6.42 Å². The second kappa shape index (κ2) is 4.90. The van der Waals surface area contributed by atoms with Crippen molar-refractivity contribution >= 4 is 11.9 Å². The lowest BCUT2D eigenvalue weighted by molar-refractivity contribution is -0.143. The number of rotatable bonds is 3. The first-order valence-electron chi connectivity index (χ1n) is 6.95. The van der Waals surface area contributed by atoms with Crippen molar-refractivity contribution < 1.29 is 14.7 Å². The van der Waals surface area contributed by atoms with Crippen LogP contribution in [-0.4, -0.2) is 34.0 Å². The van der Waals surface area contributed by atoms with Gasteiger partial charge in [-0.25, -0.2) is 0 Å². The van der Waals surface area contributed by atoms with Crippen LogP contribution in [0.5, 0.6) is 0 Å². The van der Waals surface area contributed by atoms with Crippen molar-refractivity contribution in [1.82, 2.24) is 4.90 Å². The van der Waals surface area contributed by atoms with Crippen LogP contribution in [0.4, 0.5) is 0 Å². The molecule has 1 aromatic carbocycles. The van der Waals surface area contributed by atoms with E-state index < -0.39 is 17.9 Å². The largest absolute Gasteiger partial charge is 0.481 e. The first-order chi connectivity index (χ1) is 9.59. The first-order valence-corrected chi connectivity index (χ1v) is 6.95. The minimum atomic E-state index is -0.803. The summed E-state index contributed by atoms with van der Waals surface area (Å²) < 4.78 is 0. The predicted octanol–water partition coefficient (Wildman–Crippen LogP) is 1.15. The lowest BCUT2D eigenvalue weighted by Gasteiger charge is -2.26. The molecular weight excluding hydrogens is 256 g/mol. The van der Waals surface area contributed by atoms with Crippen LogP contribution >= 0.6 is 0 Å². The molecule has 3 rings (SSSR count). The van der Waals surface area contributed by atoms with Crippen molar-refractivity contribution in [2.24, 2.45) is 11.7 Å². The van der Waals surface area contributed by atoms with Crippen LogP contribution in [0.1, 0.15) is 30.9 Å². The molecule has 1 aromatic rings. The van der Waals surface area contributed by atoms with Crippen LogP contribution in [0.25, 0.3) is 0 Å². The van der Waals surface area contributed by atoms with E-state index in [2.05, 4.69) is 0 Å². The van der Waals surface area contributed by atoms with Crippen molar-refractivity contribution in [3.63, 3.8) is 0 Å². The lowest BCUT2D eigenvalue weighted by Crippen LogP contribution is -2.43. The molecule has 20 heavy (non-hydrogen) atoms. The molecule has 2 aliphatic heterocycles. The molecule has 2 saturated heterocycles. The van der Waals surface area contributed by atoms with Crippen LogP contribution in [0.15, 0.2) is 30.3 Å². The van der Waals surface area contributed by atoms with Gasteiger partial charge in [-0.3, -0.25) is 9.59 Å². The molecule has 1 amide bonds. The van der Waals surface area contributed by atoms with E-state index in [1.807, 2.05) is 30.3 Å². The Kier molecular flexibility index (Phi) is 3.22. The number of hydrogen-bond acceptors (Lipinski definition) is 3. The molecule has 0 aliphatic carbocycles. The van der Waals surface area contributed by atoms with Crippen LogP contribution in [0, 0.1) is 5.92 Å². The van der Waals surface area contributed by atoms with Crippen LogP contribution in [-0.2, 0) is 9.59 Å². The summed E-state index contributed by atoms with van der Waals surface area (Å²) in [5, 5.41) is 9.22. The molecule has 0 spiro atoms. The zero-order valence-electron chi connectivity index (χ0n) is 11.1. The third kappa shape index (κ3) is 1.98. The third-order valence-corrected chi connectivity index (χ3v) is 4.53. The van der Waals surface area contributed by atoms with Crippen LogP contribution in [0.2, 0.25) is 0 Å².